The zero-order valence-electron chi connectivity index (χ0n) is 14.5. The summed E-state index contributed by atoms with van der Waals surface area (Å²) in [6, 6.07) is 11.1. The van der Waals surface area contributed by atoms with Crippen LogP contribution < -0.4 is 10.2 Å². The van der Waals surface area contributed by atoms with Crippen LogP contribution in [-0.4, -0.2) is 22.6 Å². The first-order valence-electron chi connectivity index (χ1n) is 8.51. The molecule has 2 aromatic rings. The Morgan fingerprint density at radius 2 is 2.04 bits per heavy atom. The molecular weight excluding hydrogens is 284 g/mol. The maximum Gasteiger partial charge on any atom is 0.139 e. The molecule has 3 rings (SSSR count). The Morgan fingerprint density at radius 3 is 2.83 bits per heavy atom. The average molecular weight is 310 g/mol. The van der Waals surface area contributed by atoms with E-state index in [-0.39, 0.29) is 0 Å². The van der Waals surface area contributed by atoms with E-state index < -0.39 is 0 Å². The Morgan fingerprint density at radius 1 is 1.26 bits per heavy atom. The molecule has 1 atom stereocenters. The van der Waals surface area contributed by atoms with Crippen LogP contribution in [0, 0.1) is 12.8 Å². The zero-order valence-corrected chi connectivity index (χ0v) is 14.5. The standard InChI is InChI=1S/C19H26N4/c1-13(2)9-10-20-18-12-19(22-15(4)21-18)23-14(3)11-16-7-5-6-8-17(16)23/h5-8,12-14H,9-11H2,1-4H3,(H,20,21,22). The van der Waals surface area contributed by atoms with E-state index in [0.717, 1.165) is 36.8 Å². The van der Waals surface area contributed by atoms with Gasteiger partial charge in [0.15, 0.2) is 0 Å². The maximum absolute atomic E-state index is 4.68. The van der Waals surface area contributed by atoms with Crippen LogP contribution in [0.1, 0.15) is 38.6 Å². The lowest BCUT2D eigenvalue weighted by molar-refractivity contribution is 0.606. The molecule has 0 fully saturated rings. The van der Waals surface area contributed by atoms with Crippen LogP contribution in [0.15, 0.2) is 30.3 Å². The summed E-state index contributed by atoms with van der Waals surface area (Å²) >= 11 is 0. The molecule has 0 aliphatic carbocycles. The predicted octanol–water partition coefficient (Wildman–Crippen LogP) is 4.33. The van der Waals surface area contributed by atoms with Crippen LogP contribution in [0.3, 0.4) is 0 Å². The summed E-state index contributed by atoms with van der Waals surface area (Å²) in [6.45, 7) is 9.63. The van der Waals surface area contributed by atoms with Gasteiger partial charge in [-0.1, -0.05) is 32.0 Å². The minimum atomic E-state index is 0.421. The number of benzene rings is 1. The monoisotopic (exact) mass is 310 g/mol. The third-order valence-electron chi connectivity index (χ3n) is 4.31. The third kappa shape index (κ3) is 3.46. The molecule has 0 amide bonds. The van der Waals surface area contributed by atoms with Gasteiger partial charge in [-0.25, -0.2) is 9.97 Å². The van der Waals surface area contributed by atoms with E-state index >= 15 is 0 Å². The first-order valence-corrected chi connectivity index (χ1v) is 8.51. The van der Waals surface area contributed by atoms with Crippen molar-refractivity contribution >= 4 is 17.3 Å². The highest BCUT2D eigenvalue weighted by molar-refractivity contribution is 5.70. The molecule has 1 N–H and O–H groups in total. The van der Waals surface area contributed by atoms with E-state index in [9.17, 15) is 0 Å². The van der Waals surface area contributed by atoms with Crippen molar-refractivity contribution in [2.24, 2.45) is 5.92 Å². The van der Waals surface area contributed by atoms with Crippen molar-refractivity contribution in [1.29, 1.82) is 0 Å². The Hall–Kier alpha value is -2.10. The number of aromatic nitrogens is 2. The second-order valence-electron chi connectivity index (χ2n) is 6.82. The molecule has 4 heteroatoms. The number of para-hydroxylation sites is 1. The van der Waals surface area contributed by atoms with Gasteiger partial charge in [0.25, 0.3) is 0 Å². The minimum Gasteiger partial charge on any atom is -0.370 e. The van der Waals surface area contributed by atoms with Crippen LogP contribution in [0.25, 0.3) is 0 Å². The molecular formula is C19H26N4. The van der Waals surface area contributed by atoms with Gasteiger partial charge in [-0.05, 0) is 44.2 Å². The first kappa shape index (κ1) is 15.8. The molecule has 0 saturated carbocycles. The van der Waals surface area contributed by atoms with Crippen molar-refractivity contribution < 1.29 is 0 Å². The van der Waals surface area contributed by atoms with Crippen molar-refractivity contribution in [3.05, 3.63) is 41.7 Å². The number of aryl methyl sites for hydroxylation is 1. The Bertz CT molecular complexity index is 681. The van der Waals surface area contributed by atoms with Gasteiger partial charge in [0, 0.05) is 24.3 Å². The van der Waals surface area contributed by atoms with E-state index in [4.69, 9.17) is 0 Å². The Balaban J connectivity index is 1.86. The summed E-state index contributed by atoms with van der Waals surface area (Å²) in [5.74, 6) is 3.41. The van der Waals surface area contributed by atoms with Crippen molar-refractivity contribution in [2.45, 2.75) is 46.6 Å². The molecule has 0 radical (unpaired) electrons. The van der Waals surface area contributed by atoms with Crippen LogP contribution in [0.2, 0.25) is 0 Å². The fraction of sp³-hybridized carbons (Fsp3) is 0.474. The highest BCUT2D eigenvalue weighted by Crippen LogP contribution is 2.37. The van der Waals surface area contributed by atoms with Gasteiger partial charge in [0.1, 0.15) is 17.5 Å². The highest BCUT2D eigenvalue weighted by atomic mass is 15.2. The summed E-state index contributed by atoms with van der Waals surface area (Å²) in [5, 5.41) is 3.44. The summed E-state index contributed by atoms with van der Waals surface area (Å²) < 4.78 is 0. The number of hydrogen-bond donors (Lipinski definition) is 1. The first-order chi connectivity index (χ1) is 11.0. The number of fused-ring (bicyclic) bond motifs is 1. The van der Waals surface area contributed by atoms with Gasteiger partial charge in [-0.2, -0.15) is 0 Å². The molecule has 0 spiro atoms. The van der Waals surface area contributed by atoms with Crippen molar-refractivity contribution in [2.75, 3.05) is 16.8 Å². The van der Waals surface area contributed by atoms with E-state index in [1.165, 1.54) is 11.3 Å². The minimum absolute atomic E-state index is 0.421. The number of rotatable bonds is 5. The van der Waals surface area contributed by atoms with Crippen molar-refractivity contribution in [3.63, 3.8) is 0 Å². The second kappa shape index (κ2) is 6.57. The van der Waals surface area contributed by atoms with Crippen LogP contribution in [-0.2, 0) is 6.42 Å². The van der Waals surface area contributed by atoms with Gasteiger partial charge in [-0.3, -0.25) is 0 Å². The van der Waals surface area contributed by atoms with Crippen molar-refractivity contribution in [3.8, 4) is 0 Å². The van der Waals surface area contributed by atoms with Crippen molar-refractivity contribution in [1.82, 2.24) is 9.97 Å². The molecule has 122 valence electrons. The largest absolute Gasteiger partial charge is 0.370 e. The topological polar surface area (TPSA) is 41.1 Å². The van der Waals surface area contributed by atoms with Gasteiger partial charge in [-0.15, -0.1) is 0 Å². The molecule has 0 bridgehead atoms. The lowest BCUT2D eigenvalue weighted by atomic mass is 10.1. The number of anilines is 3. The molecule has 1 aromatic carbocycles. The third-order valence-corrected chi connectivity index (χ3v) is 4.31. The van der Waals surface area contributed by atoms with E-state index in [0.29, 0.717) is 12.0 Å². The van der Waals surface area contributed by atoms with E-state index in [1.807, 2.05) is 6.92 Å². The second-order valence-corrected chi connectivity index (χ2v) is 6.82. The zero-order chi connectivity index (χ0) is 16.4. The lowest BCUT2D eigenvalue weighted by Crippen LogP contribution is -2.25. The smallest absolute Gasteiger partial charge is 0.139 e. The normalized spacial score (nSPS) is 16.7. The molecule has 1 aromatic heterocycles. The molecule has 1 unspecified atom stereocenters. The number of hydrogen-bond acceptors (Lipinski definition) is 4. The molecule has 0 saturated heterocycles. The SMILES string of the molecule is Cc1nc(NCCC(C)C)cc(N2c3ccccc3CC2C)n1. The Labute approximate surface area is 139 Å². The van der Waals surface area contributed by atoms with Crippen LogP contribution >= 0.6 is 0 Å². The predicted molar refractivity (Wildman–Crippen MR) is 96.5 cm³/mol. The average Bonchev–Trinajstić information content (AvgIpc) is 2.82. The molecule has 1 aliphatic heterocycles. The maximum atomic E-state index is 4.68. The van der Waals surface area contributed by atoms with Crippen LogP contribution in [0.5, 0.6) is 0 Å². The number of nitrogens with one attached hydrogen (secondary N) is 1. The summed E-state index contributed by atoms with van der Waals surface area (Å²) in [6.07, 6.45) is 2.21. The van der Waals surface area contributed by atoms with E-state index in [2.05, 4.69) is 71.3 Å². The number of nitrogens with zero attached hydrogens (tertiary/aromatic N) is 3. The summed E-state index contributed by atoms with van der Waals surface area (Å²) in [5.41, 5.74) is 2.66. The molecule has 2 heterocycles. The fourth-order valence-corrected chi connectivity index (χ4v) is 3.17. The molecule has 1 aliphatic rings. The fourth-order valence-electron chi connectivity index (χ4n) is 3.17. The summed E-state index contributed by atoms with van der Waals surface area (Å²) in [7, 11) is 0. The van der Waals surface area contributed by atoms with Crippen LogP contribution in [0.4, 0.5) is 17.3 Å². The Kier molecular flexibility index (Phi) is 4.51. The summed E-state index contributed by atoms with van der Waals surface area (Å²) in [4.78, 5) is 11.5. The van der Waals surface area contributed by atoms with Gasteiger partial charge < -0.3 is 10.2 Å². The lowest BCUT2D eigenvalue weighted by Gasteiger charge is -2.24. The van der Waals surface area contributed by atoms with E-state index in [1.54, 1.807) is 0 Å². The molecule has 23 heavy (non-hydrogen) atoms. The van der Waals surface area contributed by atoms with Gasteiger partial charge >= 0.3 is 0 Å². The van der Waals surface area contributed by atoms with Gasteiger partial charge in [0.05, 0.1) is 0 Å². The molecule has 4 nitrogen and oxygen atoms in total. The quantitative estimate of drug-likeness (QED) is 0.892. The highest BCUT2D eigenvalue weighted by Gasteiger charge is 2.28. The van der Waals surface area contributed by atoms with Gasteiger partial charge in [0.2, 0.25) is 0 Å².